The van der Waals surface area contributed by atoms with Crippen molar-refractivity contribution < 1.29 is 14.6 Å². The fourth-order valence-corrected chi connectivity index (χ4v) is 3.93. The number of carboxylic acid groups (broad SMARTS) is 1. The van der Waals surface area contributed by atoms with Crippen molar-refractivity contribution in [1.82, 2.24) is 9.55 Å². The van der Waals surface area contributed by atoms with Crippen LogP contribution in [0.15, 0.2) is 73.1 Å². The van der Waals surface area contributed by atoms with Crippen LogP contribution in [0.1, 0.15) is 32.6 Å². The monoisotopic (exact) mass is 396 g/mol. The number of allylic oxidation sites excluding steroid dienone is 1. The third-order valence-corrected chi connectivity index (χ3v) is 5.48. The number of carbonyl (C=O) groups is 1. The molecule has 148 valence electrons. The molecule has 0 radical (unpaired) electrons. The molecule has 0 saturated carbocycles. The Labute approximate surface area is 173 Å². The van der Waals surface area contributed by atoms with Crippen molar-refractivity contribution in [2.45, 2.75) is 20.1 Å². The van der Waals surface area contributed by atoms with Gasteiger partial charge in [0.15, 0.2) is 0 Å². The van der Waals surface area contributed by atoms with Gasteiger partial charge in [-0.25, -0.2) is 9.78 Å². The van der Waals surface area contributed by atoms with Crippen molar-refractivity contribution in [2.24, 2.45) is 0 Å². The van der Waals surface area contributed by atoms with Gasteiger partial charge in [-0.1, -0.05) is 36.4 Å². The molecule has 0 unspecified atom stereocenters. The topological polar surface area (TPSA) is 64.4 Å². The van der Waals surface area contributed by atoms with Gasteiger partial charge < -0.3 is 14.4 Å². The molecule has 1 aliphatic heterocycles. The first-order chi connectivity index (χ1) is 14.6. The second kappa shape index (κ2) is 7.19. The molecule has 1 aromatic heterocycles. The van der Waals surface area contributed by atoms with Gasteiger partial charge >= 0.3 is 5.97 Å². The zero-order valence-corrected chi connectivity index (χ0v) is 16.5. The molecule has 0 fully saturated rings. The maximum Gasteiger partial charge on any atom is 0.335 e. The largest absolute Gasteiger partial charge is 0.488 e. The SMILES string of the molecule is Cc1ccc2ncn(C/C=C3\c4ccccc4COc4ccc(C(=O)O)cc43)c2c1. The van der Waals surface area contributed by atoms with Gasteiger partial charge in [0.05, 0.1) is 22.9 Å². The van der Waals surface area contributed by atoms with E-state index < -0.39 is 5.97 Å². The van der Waals surface area contributed by atoms with Gasteiger partial charge in [-0.05, 0) is 59.5 Å². The van der Waals surface area contributed by atoms with Crippen molar-refractivity contribution in [3.05, 3.63) is 101 Å². The van der Waals surface area contributed by atoms with E-state index in [9.17, 15) is 9.90 Å². The molecule has 5 heteroatoms. The molecule has 4 aromatic rings. The highest BCUT2D eigenvalue weighted by Crippen LogP contribution is 2.37. The van der Waals surface area contributed by atoms with Crippen LogP contribution in [0.2, 0.25) is 0 Å². The van der Waals surface area contributed by atoms with Gasteiger partial charge in [0, 0.05) is 12.1 Å². The number of aromatic nitrogens is 2. The van der Waals surface area contributed by atoms with Crippen molar-refractivity contribution in [3.8, 4) is 5.75 Å². The number of aryl methyl sites for hydroxylation is 1. The average molecular weight is 396 g/mol. The van der Waals surface area contributed by atoms with Gasteiger partial charge in [-0.3, -0.25) is 0 Å². The van der Waals surface area contributed by atoms with Crippen LogP contribution in [0.3, 0.4) is 0 Å². The number of ether oxygens (including phenoxy) is 1. The summed E-state index contributed by atoms with van der Waals surface area (Å²) in [7, 11) is 0. The molecule has 1 aliphatic rings. The van der Waals surface area contributed by atoms with Crippen molar-refractivity contribution >= 4 is 22.6 Å². The number of imidazole rings is 1. The summed E-state index contributed by atoms with van der Waals surface area (Å²) in [6.07, 6.45) is 3.97. The van der Waals surface area contributed by atoms with E-state index in [-0.39, 0.29) is 5.56 Å². The van der Waals surface area contributed by atoms with E-state index in [2.05, 4.69) is 40.7 Å². The van der Waals surface area contributed by atoms with Crippen LogP contribution >= 0.6 is 0 Å². The number of hydrogen-bond acceptors (Lipinski definition) is 3. The van der Waals surface area contributed by atoms with Gasteiger partial charge in [-0.2, -0.15) is 0 Å². The summed E-state index contributed by atoms with van der Waals surface area (Å²) < 4.78 is 8.11. The van der Waals surface area contributed by atoms with E-state index in [4.69, 9.17) is 4.74 Å². The van der Waals surface area contributed by atoms with Gasteiger partial charge in [-0.15, -0.1) is 0 Å². The molecule has 3 aromatic carbocycles. The molecule has 0 spiro atoms. The standard InChI is InChI=1S/C25H20N2O3/c1-16-6-8-22-23(12-16)27(15-26-22)11-10-20-19-5-3-2-4-18(19)14-30-24-9-7-17(25(28)29)13-21(20)24/h2-10,12-13,15H,11,14H2,1H3,(H,28,29)/b20-10+. The van der Waals surface area contributed by atoms with Crippen LogP contribution in [0.4, 0.5) is 0 Å². The lowest BCUT2D eigenvalue weighted by molar-refractivity contribution is 0.0697. The number of nitrogens with zero attached hydrogens (tertiary/aromatic N) is 2. The molecule has 0 aliphatic carbocycles. The number of rotatable bonds is 3. The predicted molar refractivity (Wildman–Crippen MR) is 116 cm³/mol. The van der Waals surface area contributed by atoms with Crippen LogP contribution in [-0.4, -0.2) is 20.6 Å². The number of hydrogen-bond donors (Lipinski definition) is 1. The Kier molecular flexibility index (Phi) is 4.36. The molecule has 0 amide bonds. The molecule has 30 heavy (non-hydrogen) atoms. The summed E-state index contributed by atoms with van der Waals surface area (Å²) in [4.78, 5) is 16.1. The summed E-state index contributed by atoms with van der Waals surface area (Å²) in [6.45, 7) is 3.12. The molecular weight excluding hydrogens is 376 g/mol. The fourth-order valence-electron chi connectivity index (χ4n) is 3.93. The first-order valence-electron chi connectivity index (χ1n) is 9.80. The van der Waals surface area contributed by atoms with Gasteiger partial charge in [0.1, 0.15) is 12.4 Å². The summed E-state index contributed by atoms with van der Waals surface area (Å²) in [5.41, 5.74) is 7.34. The average Bonchev–Trinajstić information content (AvgIpc) is 3.07. The lowest BCUT2D eigenvalue weighted by atomic mass is 9.93. The number of benzene rings is 3. The Balaban J connectivity index is 1.66. The molecular formula is C25H20N2O3. The minimum Gasteiger partial charge on any atom is -0.488 e. The van der Waals surface area contributed by atoms with Crippen LogP contribution in [-0.2, 0) is 13.2 Å². The molecule has 0 bridgehead atoms. The molecule has 0 atom stereocenters. The van der Waals surface area contributed by atoms with Crippen molar-refractivity contribution in [2.75, 3.05) is 0 Å². The van der Waals surface area contributed by atoms with Gasteiger partial charge in [0.2, 0.25) is 0 Å². The summed E-state index contributed by atoms with van der Waals surface area (Å²) in [5, 5.41) is 9.49. The van der Waals surface area contributed by atoms with E-state index in [1.54, 1.807) is 18.2 Å². The zero-order valence-electron chi connectivity index (χ0n) is 16.5. The first-order valence-corrected chi connectivity index (χ1v) is 9.80. The normalized spacial score (nSPS) is 14.1. The molecule has 1 N–H and O–H groups in total. The first kappa shape index (κ1) is 18.2. The van der Waals surface area contributed by atoms with Crippen LogP contribution < -0.4 is 4.74 Å². The maximum absolute atomic E-state index is 11.6. The highest BCUT2D eigenvalue weighted by atomic mass is 16.5. The third-order valence-electron chi connectivity index (χ3n) is 5.48. The summed E-state index contributed by atoms with van der Waals surface area (Å²) in [5.74, 6) is -0.264. The number of aromatic carboxylic acids is 1. The van der Waals surface area contributed by atoms with Crippen LogP contribution in [0.25, 0.3) is 16.6 Å². The number of carboxylic acids is 1. The minimum atomic E-state index is -0.953. The second-order valence-electron chi connectivity index (χ2n) is 7.47. The fraction of sp³-hybridized carbons (Fsp3) is 0.120. The highest BCUT2D eigenvalue weighted by molar-refractivity contribution is 5.92. The van der Waals surface area contributed by atoms with E-state index >= 15 is 0 Å². The molecule has 5 rings (SSSR count). The Bertz CT molecular complexity index is 1320. The van der Waals surface area contributed by atoms with Crippen LogP contribution in [0.5, 0.6) is 5.75 Å². The Morgan fingerprint density at radius 3 is 2.87 bits per heavy atom. The zero-order chi connectivity index (χ0) is 20.7. The Hall–Kier alpha value is -3.86. The van der Waals surface area contributed by atoms with E-state index in [1.165, 1.54) is 5.56 Å². The summed E-state index contributed by atoms with van der Waals surface area (Å²) in [6, 6.07) is 19.3. The number of fused-ring (bicyclic) bond motifs is 3. The smallest absolute Gasteiger partial charge is 0.335 e. The quantitative estimate of drug-likeness (QED) is 0.525. The second-order valence-corrected chi connectivity index (χ2v) is 7.47. The van der Waals surface area contributed by atoms with E-state index in [1.807, 2.05) is 30.6 Å². The molecule has 0 saturated heterocycles. The molecule has 5 nitrogen and oxygen atoms in total. The minimum absolute atomic E-state index is 0.242. The van der Waals surface area contributed by atoms with E-state index in [0.717, 1.165) is 33.3 Å². The van der Waals surface area contributed by atoms with Crippen molar-refractivity contribution in [1.29, 1.82) is 0 Å². The lowest BCUT2D eigenvalue weighted by Gasteiger charge is -2.12. The summed E-state index contributed by atoms with van der Waals surface area (Å²) >= 11 is 0. The van der Waals surface area contributed by atoms with Crippen molar-refractivity contribution in [3.63, 3.8) is 0 Å². The lowest BCUT2D eigenvalue weighted by Crippen LogP contribution is -2.00. The predicted octanol–water partition coefficient (Wildman–Crippen LogP) is 5.07. The Morgan fingerprint density at radius 1 is 1.13 bits per heavy atom. The van der Waals surface area contributed by atoms with E-state index in [0.29, 0.717) is 18.9 Å². The highest BCUT2D eigenvalue weighted by Gasteiger charge is 2.20. The maximum atomic E-state index is 11.6. The third kappa shape index (κ3) is 3.14. The Morgan fingerprint density at radius 2 is 2.00 bits per heavy atom. The van der Waals surface area contributed by atoms with Crippen LogP contribution in [0, 0.1) is 6.92 Å². The molecule has 2 heterocycles. The van der Waals surface area contributed by atoms with Gasteiger partial charge in [0.25, 0.3) is 0 Å².